The minimum atomic E-state index is -0.862. The molecular formula is C10H23N3O3. The van der Waals surface area contributed by atoms with Gasteiger partial charge in [-0.2, -0.15) is 0 Å². The van der Waals surface area contributed by atoms with Crippen LogP contribution in [0.25, 0.3) is 0 Å². The van der Waals surface area contributed by atoms with Crippen LogP contribution < -0.4 is 11.1 Å². The van der Waals surface area contributed by atoms with Gasteiger partial charge in [0.1, 0.15) is 0 Å². The van der Waals surface area contributed by atoms with Crippen molar-refractivity contribution in [3.05, 3.63) is 0 Å². The van der Waals surface area contributed by atoms with E-state index in [-0.39, 0.29) is 11.9 Å². The topological polar surface area (TPSA) is 100 Å². The molecule has 6 heteroatoms. The third-order valence-corrected chi connectivity index (χ3v) is 2.45. The predicted octanol–water partition coefficient (Wildman–Crippen LogP) is -0.111. The minimum absolute atomic E-state index is 0.130. The van der Waals surface area contributed by atoms with Crippen LogP contribution in [0, 0.1) is 0 Å². The van der Waals surface area contributed by atoms with Crippen LogP contribution in [-0.4, -0.2) is 48.1 Å². The number of oxime groups is 1. The van der Waals surface area contributed by atoms with Gasteiger partial charge < -0.3 is 26.1 Å². The Balaban J connectivity index is 4.09. The molecule has 0 aromatic rings. The smallest absolute Gasteiger partial charge is 0.156 e. The van der Waals surface area contributed by atoms with Crippen molar-refractivity contribution in [1.82, 2.24) is 5.32 Å². The highest BCUT2D eigenvalue weighted by Crippen LogP contribution is 2.08. The van der Waals surface area contributed by atoms with Gasteiger partial charge in [0, 0.05) is 26.7 Å². The number of nitrogens with two attached hydrogens (primary N) is 1. The van der Waals surface area contributed by atoms with Crippen molar-refractivity contribution in [1.29, 1.82) is 0 Å². The Hall–Kier alpha value is -0.850. The molecule has 0 radical (unpaired) electrons. The minimum Gasteiger partial charge on any atom is -0.409 e. The highest BCUT2D eigenvalue weighted by molar-refractivity contribution is 5.85. The van der Waals surface area contributed by atoms with E-state index < -0.39 is 5.60 Å². The standard InChI is InChI=1S/C10H23N3O3/c1-4-8(9(11)13-15)12-7-10(2,14)5-6-16-3/h8,12,14-15H,4-7H2,1-3H3,(H2,11,13). The number of ether oxygens (including phenoxy) is 1. The van der Waals surface area contributed by atoms with Crippen molar-refractivity contribution in [2.24, 2.45) is 10.9 Å². The number of nitrogens with one attached hydrogen (secondary N) is 1. The van der Waals surface area contributed by atoms with E-state index in [9.17, 15) is 5.11 Å². The Morgan fingerprint density at radius 1 is 1.62 bits per heavy atom. The molecule has 0 saturated heterocycles. The zero-order valence-corrected chi connectivity index (χ0v) is 10.2. The first-order valence-corrected chi connectivity index (χ1v) is 5.39. The molecule has 0 aliphatic rings. The Morgan fingerprint density at radius 2 is 2.25 bits per heavy atom. The van der Waals surface area contributed by atoms with Crippen LogP contribution in [-0.2, 0) is 4.74 Å². The number of hydrogen-bond acceptors (Lipinski definition) is 5. The van der Waals surface area contributed by atoms with Crippen molar-refractivity contribution in [3.8, 4) is 0 Å². The zero-order valence-electron chi connectivity index (χ0n) is 10.2. The van der Waals surface area contributed by atoms with Crippen LogP contribution >= 0.6 is 0 Å². The average Bonchev–Trinajstić information content (AvgIpc) is 2.26. The Bertz CT molecular complexity index is 219. The third kappa shape index (κ3) is 5.89. The molecule has 16 heavy (non-hydrogen) atoms. The summed E-state index contributed by atoms with van der Waals surface area (Å²) in [5, 5.41) is 24.5. The maximum atomic E-state index is 9.96. The zero-order chi connectivity index (χ0) is 12.6. The Morgan fingerprint density at radius 3 is 2.69 bits per heavy atom. The van der Waals surface area contributed by atoms with Crippen LogP contribution in [0.3, 0.4) is 0 Å². The average molecular weight is 233 g/mol. The summed E-state index contributed by atoms with van der Waals surface area (Å²) < 4.78 is 4.90. The fourth-order valence-electron chi connectivity index (χ4n) is 1.28. The molecule has 2 atom stereocenters. The highest BCUT2D eigenvalue weighted by Gasteiger charge is 2.22. The van der Waals surface area contributed by atoms with Gasteiger partial charge in [0.05, 0.1) is 11.6 Å². The second-order valence-corrected chi connectivity index (χ2v) is 4.11. The van der Waals surface area contributed by atoms with Gasteiger partial charge in [0.2, 0.25) is 0 Å². The lowest BCUT2D eigenvalue weighted by atomic mass is 10.0. The SMILES string of the molecule is CCC(NCC(C)(O)CCOC)C(N)=NO. The summed E-state index contributed by atoms with van der Waals surface area (Å²) in [5.41, 5.74) is 4.63. The van der Waals surface area contributed by atoms with E-state index in [1.165, 1.54) is 0 Å². The van der Waals surface area contributed by atoms with Gasteiger partial charge in [-0.25, -0.2) is 0 Å². The van der Waals surface area contributed by atoms with Crippen LogP contribution in [0.4, 0.5) is 0 Å². The van der Waals surface area contributed by atoms with Crippen molar-refractivity contribution in [3.63, 3.8) is 0 Å². The van der Waals surface area contributed by atoms with Gasteiger partial charge in [0.25, 0.3) is 0 Å². The summed E-state index contributed by atoms with van der Waals surface area (Å²) in [4.78, 5) is 0. The van der Waals surface area contributed by atoms with E-state index in [4.69, 9.17) is 15.7 Å². The summed E-state index contributed by atoms with van der Waals surface area (Å²) >= 11 is 0. The first-order chi connectivity index (χ1) is 7.46. The molecule has 0 heterocycles. The van der Waals surface area contributed by atoms with E-state index in [1.54, 1.807) is 14.0 Å². The predicted molar refractivity (Wildman–Crippen MR) is 62.6 cm³/mol. The first-order valence-electron chi connectivity index (χ1n) is 5.39. The molecule has 0 aromatic carbocycles. The summed E-state index contributed by atoms with van der Waals surface area (Å²) in [6.45, 7) is 4.50. The number of amidine groups is 1. The molecule has 2 unspecified atom stereocenters. The number of nitrogens with zero attached hydrogens (tertiary/aromatic N) is 1. The van der Waals surface area contributed by atoms with E-state index in [1.807, 2.05) is 6.92 Å². The number of rotatable bonds is 8. The molecular weight excluding hydrogens is 210 g/mol. The second kappa shape index (κ2) is 7.43. The quantitative estimate of drug-likeness (QED) is 0.203. The van der Waals surface area contributed by atoms with Gasteiger partial charge in [-0.3, -0.25) is 0 Å². The third-order valence-electron chi connectivity index (χ3n) is 2.45. The molecule has 0 aromatic heterocycles. The fourth-order valence-corrected chi connectivity index (χ4v) is 1.28. The second-order valence-electron chi connectivity index (χ2n) is 4.11. The highest BCUT2D eigenvalue weighted by atomic mass is 16.5. The molecule has 0 fully saturated rings. The number of methoxy groups -OCH3 is 1. The summed E-state index contributed by atoms with van der Waals surface area (Å²) in [6, 6.07) is -0.223. The van der Waals surface area contributed by atoms with Crippen molar-refractivity contribution < 1.29 is 15.1 Å². The molecule has 6 nitrogen and oxygen atoms in total. The lowest BCUT2D eigenvalue weighted by molar-refractivity contribution is 0.0240. The monoisotopic (exact) mass is 233 g/mol. The lowest BCUT2D eigenvalue weighted by Gasteiger charge is -2.26. The van der Waals surface area contributed by atoms with Crippen molar-refractivity contribution >= 4 is 5.84 Å². The van der Waals surface area contributed by atoms with Crippen LogP contribution in [0.5, 0.6) is 0 Å². The summed E-state index contributed by atoms with van der Waals surface area (Å²) in [6.07, 6.45) is 1.22. The molecule has 5 N–H and O–H groups in total. The molecule has 0 aliphatic carbocycles. The van der Waals surface area contributed by atoms with E-state index in [0.29, 0.717) is 26.0 Å². The van der Waals surface area contributed by atoms with Crippen LogP contribution in [0.15, 0.2) is 5.16 Å². The molecule has 0 spiro atoms. The van der Waals surface area contributed by atoms with E-state index >= 15 is 0 Å². The van der Waals surface area contributed by atoms with Gasteiger partial charge >= 0.3 is 0 Å². The molecule has 0 rings (SSSR count). The molecule has 0 bridgehead atoms. The number of aliphatic hydroxyl groups is 1. The van der Waals surface area contributed by atoms with E-state index in [0.717, 1.165) is 0 Å². The molecule has 0 saturated carbocycles. The van der Waals surface area contributed by atoms with Gasteiger partial charge in [-0.1, -0.05) is 12.1 Å². The summed E-state index contributed by atoms with van der Waals surface area (Å²) in [5.74, 6) is 0.130. The molecule has 96 valence electrons. The Kier molecular flexibility index (Phi) is 7.03. The van der Waals surface area contributed by atoms with Crippen LogP contribution in [0.2, 0.25) is 0 Å². The van der Waals surface area contributed by atoms with Crippen molar-refractivity contribution in [2.45, 2.75) is 38.3 Å². The maximum Gasteiger partial charge on any atom is 0.156 e. The first kappa shape index (κ1) is 15.2. The lowest BCUT2D eigenvalue weighted by Crippen LogP contribution is -2.48. The normalized spacial score (nSPS) is 18.1. The van der Waals surface area contributed by atoms with Crippen molar-refractivity contribution in [2.75, 3.05) is 20.3 Å². The van der Waals surface area contributed by atoms with Gasteiger partial charge in [-0.05, 0) is 13.3 Å². The molecule has 0 aliphatic heterocycles. The van der Waals surface area contributed by atoms with E-state index in [2.05, 4.69) is 10.5 Å². The van der Waals surface area contributed by atoms with Crippen LogP contribution in [0.1, 0.15) is 26.7 Å². The van der Waals surface area contributed by atoms with Gasteiger partial charge in [0.15, 0.2) is 5.84 Å². The summed E-state index contributed by atoms with van der Waals surface area (Å²) in [7, 11) is 1.59. The molecule has 0 amide bonds. The number of hydrogen-bond donors (Lipinski definition) is 4. The fraction of sp³-hybridized carbons (Fsp3) is 0.900. The maximum absolute atomic E-state index is 9.96. The van der Waals surface area contributed by atoms with Gasteiger partial charge in [-0.15, -0.1) is 0 Å². The Labute approximate surface area is 96.5 Å². The largest absolute Gasteiger partial charge is 0.409 e.